The molecule has 1 heterocycles. The Morgan fingerprint density at radius 3 is 2.00 bits per heavy atom. The Balaban J connectivity index is 2.76. The molecule has 1 saturated heterocycles. The molecule has 0 amide bonds. The minimum Gasteiger partial charge on any atom is -0.479 e. The van der Waals surface area contributed by atoms with E-state index in [9.17, 15) is 4.79 Å². The standard InChI is InChI=1S/C6H10O7/c7-1-2(8)4(5(10)11)13-6(12)3(1)9/h1-4,6-9,12H,(H,10,11)/t1-,2+,3+,4-,6+/m0/s1. The van der Waals surface area contributed by atoms with Gasteiger partial charge in [0.1, 0.15) is 18.3 Å². The average molecular weight is 194 g/mol. The first kappa shape index (κ1) is 10.4. The van der Waals surface area contributed by atoms with E-state index in [1.807, 2.05) is 0 Å². The number of aliphatic hydroxyl groups excluding tert-OH is 4. The maximum Gasteiger partial charge on any atom is 0.335 e. The van der Waals surface area contributed by atoms with E-state index in [1.165, 1.54) is 0 Å². The minimum absolute atomic E-state index is 1.52. The fourth-order valence-corrected chi connectivity index (χ4v) is 1.07. The Bertz CT molecular complexity index is 205. The third-order valence-corrected chi connectivity index (χ3v) is 1.83. The summed E-state index contributed by atoms with van der Waals surface area (Å²) in [5.74, 6) is -1.52. The second-order valence-corrected chi connectivity index (χ2v) is 2.76. The van der Waals surface area contributed by atoms with Crippen molar-refractivity contribution in [3.63, 3.8) is 0 Å². The van der Waals surface area contributed by atoms with E-state index in [1.54, 1.807) is 0 Å². The third kappa shape index (κ3) is 1.79. The number of aliphatic hydroxyl groups is 4. The number of hydrogen-bond donors (Lipinski definition) is 5. The molecule has 1 fully saturated rings. The molecule has 0 aliphatic carbocycles. The van der Waals surface area contributed by atoms with Crippen LogP contribution in [0.1, 0.15) is 0 Å². The molecule has 1 rings (SSSR count). The smallest absolute Gasteiger partial charge is 0.335 e. The molecule has 7 nitrogen and oxygen atoms in total. The van der Waals surface area contributed by atoms with Gasteiger partial charge in [-0.25, -0.2) is 4.79 Å². The summed E-state index contributed by atoms with van der Waals surface area (Å²) in [6.45, 7) is 0. The van der Waals surface area contributed by atoms with Crippen molar-refractivity contribution in [1.82, 2.24) is 0 Å². The Hall–Kier alpha value is -0.730. The molecule has 76 valence electrons. The molecule has 0 aromatic rings. The van der Waals surface area contributed by atoms with Crippen molar-refractivity contribution < 1.29 is 35.1 Å². The number of carboxylic acid groups (broad SMARTS) is 1. The molecule has 13 heavy (non-hydrogen) atoms. The van der Waals surface area contributed by atoms with Crippen molar-refractivity contribution in [1.29, 1.82) is 0 Å². The topological polar surface area (TPSA) is 127 Å². The van der Waals surface area contributed by atoms with Crippen LogP contribution in [0.4, 0.5) is 0 Å². The summed E-state index contributed by atoms with van der Waals surface area (Å²) in [5, 5.41) is 44.4. The third-order valence-electron chi connectivity index (χ3n) is 1.83. The Morgan fingerprint density at radius 1 is 1.00 bits per heavy atom. The molecule has 0 aromatic heterocycles. The van der Waals surface area contributed by atoms with Crippen molar-refractivity contribution >= 4 is 5.97 Å². The van der Waals surface area contributed by atoms with E-state index in [0.29, 0.717) is 0 Å². The van der Waals surface area contributed by atoms with Crippen molar-refractivity contribution in [2.24, 2.45) is 0 Å². The lowest BCUT2D eigenvalue weighted by atomic mass is 9.99. The van der Waals surface area contributed by atoms with E-state index in [2.05, 4.69) is 4.74 Å². The number of ether oxygens (including phenoxy) is 1. The molecule has 1 aliphatic rings. The highest BCUT2D eigenvalue weighted by atomic mass is 16.6. The number of aliphatic carboxylic acids is 1. The molecule has 0 radical (unpaired) electrons. The fourth-order valence-electron chi connectivity index (χ4n) is 1.07. The van der Waals surface area contributed by atoms with E-state index in [4.69, 9.17) is 25.5 Å². The van der Waals surface area contributed by atoms with Gasteiger partial charge in [0.2, 0.25) is 0 Å². The lowest BCUT2D eigenvalue weighted by Gasteiger charge is -2.36. The summed E-state index contributed by atoms with van der Waals surface area (Å²) >= 11 is 0. The van der Waals surface area contributed by atoms with Gasteiger partial charge in [0, 0.05) is 0 Å². The van der Waals surface area contributed by atoms with Crippen molar-refractivity contribution in [3.05, 3.63) is 0 Å². The first-order valence-electron chi connectivity index (χ1n) is 3.55. The van der Waals surface area contributed by atoms with Crippen LogP contribution < -0.4 is 0 Å². The van der Waals surface area contributed by atoms with Crippen LogP contribution in [0.2, 0.25) is 0 Å². The molecule has 0 spiro atoms. The van der Waals surface area contributed by atoms with Gasteiger partial charge < -0.3 is 30.3 Å². The second-order valence-electron chi connectivity index (χ2n) is 2.76. The molecule has 7 heteroatoms. The zero-order valence-corrected chi connectivity index (χ0v) is 6.44. The molecule has 5 N–H and O–H groups in total. The van der Waals surface area contributed by atoms with Crippen LogP contribution in [0.5, 0.6) is 0 Å². The zero-order chi connectivity index (χ0) is 10.2. The predicted octanol–water partition coefficient (Wildman–Crippen LogP) is -3.13. The summed E-state index contributed by atoms with van der Waals surface area (Å²) in [7, 11) is 0. The molecule has 1 aliphatic heterocycles. The highest BCUT2D eigenvalue weighted by Gasteiger charge is 2.46. The Labute approximate surface area is 72.8 Å². The maximum atomic E-state index is 10.4. The SMILES string of the molecule is O=C(O)[C@H]1O[C@@H](O)[C@H](O)[C@@H](O)[C@H]1O. The number of carbonyl (C=O) groups is 1. The lowest BCUT2D eigenvalue weighted by Crippen LogP contribution is -2.59. The number of rotatable bonds is 1. The van der Waals surface area contributed by atoms with Gasteiger partial charge in [-0.1, -0.05) is 0 Å². The van der Waals surface area contributed by atoms with Crippen LogP contribution in [0.15, 0.2) is 0 Å². The van der Waals surface area contributed by atoms with Crippen LogP contribution in [-0.2, 0) is 9.53 Å². The lowest BCUT2D eigenvalue weighted by molar-refractivity contribution is -0.279. The van der Waals surface area contributed by atoms with Gasteiger partial charge in [0.15, 0.2) is 12.4 Å². The van der Waals surface area contributed by atoms with E-state index < -0.39 is 36.7 Å². The molecule has 5 atom stereocenters. The molecule has 0 aromatic carbocycles. The highest BCUT2D eigenvalue weighted by molar-refractivity contribution is 5.73. The highest BCUT2D eigenvalue weighted by Crippen LogP contribution is 2.19. The monoisotopic (exact) mass is 194 g/mol. The van der Waals surface area contributed by atoms with E-state index >= 15 is 0 Å². The van der Waals surface area contributed by atoms with Gasteiger partial charge in [-0.05, 0) is 0 Å². The maximum absolute atomic E-state index is 10.4. The van der Waals surface area contributed by atoms with Gasteiger partial charge in [-0.3, -0.25) is 0 Å². The predicted molar refractivity (Wildman–Crippen MR) is 36.5 cm³/mol. The van der Waals surface area contributed by atoms with E-state index in [0.717, 1.165) is 0 Å². The minimum atomic E-state index is -1.81. The van der Waals surface area contributed by atoms with E-state index in [-0.39, 0.29) is 0 Å². The van der Waals surface area contributed by atoms with Crippen molar-refractivity contribution in [2.45, 2.75) is 30.7 Å². The summed E-state index contributed by atoms with van der Waals surface area (Å²) in [6.07, 6.45) is -8.72. The summed E-state index contributed by atoms with van der Waals surface area (Å²) in [4.78, 5) is 10.4. The first-order valence-corrected chi connectivity index (χ1v) is 3.55. The van der Waals surface area contributed by atoms with Crippen LogP contribution in [0.25, 0.3) is 0 Å². The quantitative estimate of drug-likeness (QED) is 0.298. The van der Waals surface area contributed by atoms with Crippen LogP contribution in [0, 0.1) is 0 Å². The number of carboxylic acids is 1. The molecular formula is C6H10O7. The summed E-state index contributed by atoms with van der Waals surface area (Å²) in [5.41, 5.74) is 0. The van der Waals surface area contributed by atoms with Crippen molar-refractivity contribution in [2.75, 3.05) is 0 Å². The fraction of sp³-hybridized carbons (Fsp3) is 0.833. The largest absolute Gasteiger partial charge is 0.479 e. The van der Waals surface area contributed by atoms with Gasteiger partial charge in [0.25, 0.3) is 0 Å². The van der Waals surface area contributed by atoms with Gasteiger partial charge >= 0.3 is 5.97 Å². The van der Waals surface area contributed by atoms with Gasteiger partial charge in [-0.15, -0.1) is 0 Å². The molecule has 0 saturated carbocycles. The molecule has 0 bridgehead atoms. The van der Waals surface area contributed by atoms with Crippen LogP contribution in [0.3, 0.4) is 0 Å². The average Bonchev–Trinajstić information content (AvgIpc) is 2.07. The Kier molecular flexibility index (Phi) is 2.84. The van der Waals surface area contributed by atoms with Crippen molar-refractivity contribution in [3.8, 4) is 0 Å². The second kappa shape index (κ2) is 3.56. The van der Waals surface area contributed by atoms with Crippen LogP contribution in [-0.4, -0.2) is 62.2 Å². The Morgan fingerprint density at radius 2 is 1.54 bits per heavy atom. The molecular weight excluding hydrogens is 184 g/mol. The summed E-state index contributed by atoms with van der Waals surface area (Å²) < 4.78 is 4.34. The van der Waals surface area contributed by atoms with Gasteiger partial charge in [-0.2, -0.15) is 0 Å². The first-order chi connectivity index (χ1) is 5.95. The number of hydrogen-bond acceptors (Lipinski definition) is 6. The van der Waals surface area contributed by atoms with Crippen LogP contribution >= 0.6 is 0 Å². The summed E-state index contributed by atoms with van der Waals surface area (Å²) in [6, 6.07) is 0. The molecule has 0 unspecified atom stereocenters. The normalized spacial score (nSPS) is 46.0. The zero-order valence-electron chi connectivity index (χ0n) is 6.44. The van der Waals surface area contributed by atoms with Gasteiger partial charge in [0.05, 0.1) is 0 Å².